The first-order valence-electron chi connectivity index (χ1n) is 6.11. The molecule has 0 spiro atoms. The van der Waals surface area contributed by atoms with Crippen LogP contribution in [0.4, 0.5) is 4.79 Å². The number of carbonyl (C=O) groups is 2. The van der Waals surface area contributed by atoms with Crippen molar-refractivity contribution in [3.05, 3.63) is 0 Å². The molecule has 6 nitrogen and oxygen atoms in total. The molecule has 0 saturated carbocycles. The van der Waals surface area contributed by atoms with Crippen LogP contribution in [-0.2, 0) is 9.53 Å². The van der Waals surface area contributed by atoms with Crippen LogP contribution >= 0.6 is 0 Å². The molecule has 1 unspecified atom stereocenters. The Morgan fingerprint density at radius 2 is 2.06 bits per heavy atom. The highest BCUT2D eigenvalue weighted by Crippen LogP contribution is 2.39. The second-order valence-electron chi connectivity index (χ2n) is 6.28. The van der Waals surface area contributed by atoms with Gasteiger partial charge in [0.1, 0.15) is 5.60 Å². The van der Waals surface area contributed by atoms with Gasteiger partial charge in [0, 0.05) is 19.1 Å². The number of rotatable bonds is 1. The minimum atomic E-state index is -0.931. The highest BCUT2D eigenvalue weighted by atomic mass is 16.6. The summed E-state index contributed by atoms with van der Waals surface area (Å²) in [4.78, 5) is 24.9. The summed E-state index contributed by atoms with van der Waals surface area (Å²) < 4.78 is 5.31. The molecule has 2 aliphatic rings. The zero-order valence-corrected chi connectivity index (χ0v) is 11.2. The summed E-state index contributed by atoms with van der Waals surface area (Å²) in [6.45, 7) is 7.89. The van der Waals surface area contributed by atoms with Gasteiger partial charge in [-0.25, -0.2) is 4.79 Å². The van der Waals surface area contributed by atoms with Gasteiger partial charge in [-0.15, -0.1) is 0 Å². The number of nitrogens with zero attached hydrogens (tertiary/aromatic N) is 1. The standard InChI is InChI=1S/C12H20N2O4/c1-11(2,3)18-10(17)14-6-12(4,9(15)16)8-7(14)5-13-8/h7-8,13H,5-6H2,1-4H3,(H,15,16)/t7-,8+,12?/m0/s1. The van der Waals surface area contributed by atoms with E-state index >= 15 is 0 Å². The molecule has 2 aliphatic heterocycles. The van der Waals surface area contributed by atoms with Gasteiger partial charge in [0.25, 0.3) is 0 Å². The zero-order valence-electron chi connectivity index (χ0n) is 11.2. The van der Waals surface area contributed by atoms with Gasteiger partial charge in [-0.05, 0) is 27.7 Å². The van der Waals surface area contributed by atoms with Crippen molar-refractivity contribution in [1.82, 2.24) is 10.2 Å². The lowest BCUT2D eigenvalue weighted by Gasteiger charge is -2.40. The number of hydrogen-bond donors (Lipinski definition) is 2. The minimum absolute atomic E-state index is 0.0686. The third kappa shape index (κ3) is 1.94. The quantitative estimate of drug-likeness (QED) is 0.721. The number of carbonyl (C=O) groups excluding carboxylic acids is 1. The molecule has 2 heterocycles. The van der Waals surface area contributed by atoms with Gasteiger partial charge in [0.15, 0.2) is 0 Å². The predicted octanol–water partition coefficient (Wildman–Crippen LogP) is 0.668. The molecule has 102 valence electrons. The second-order valence-corrected chi connectivity index (χ2v) is 6.28. The van der Waals surface area contributed by atoms with Crippen LogP contribution in [0.1, 0.15) is 27.7 Å². The molecule has 0 aromatic carbocycles. The predicted molar refractivity (Wildman–Crippen MR) is 64.3 cm³/mol. The van der Waals surface area contributed by atoms with Crippen molar-refractivity contribution >= 4 is 12.1 Å². The van der Waals surface area contributed by atoms with E-state index in [0.29, 0.717) is 6.54 Å². The first kappa shape index (κ1) is 13.1. The van der Waals surface area contributed by atoms with Gasteiger partial charge in [-0.2, -0.15) is 0 Å². The Kier molecular flexibility index (Phi) is 2.81. The molecule has 0 aromatic rings. The summed E-state index contributed by atoms with van der Waals surface area (Å²) >= 11 is 0. The van der Waals surface area contributed by atoms with Crippen molar-refractivity contribution in [2.24, 2.45) is 5.41 Å². The van der Waals surface area contributed by atoms with Gasteiger partial charge in [-0.1, -0.05) is 0 Å². The molecule has 2 fully saturated rings. The Morgan fingerprint density at radius 1 is 1.44 bits per heavy atom. The summed E-state index contributed by atoms with van der Waals surface area (Å²) in [5.74, 6) is -0.879. The average Bonchev–Trinajstić information content (AvgIpc) is 2.30. The van der Waals surface area contributed by atoms with Gasteiger partial charge in [0.05, 0.1) is 11.5 Å². The number of carboxylic acids is 1. The maximum absolute atomic E-state index is 12.0. The lowest BCUT2D eigenvalue weighted by Crippen LogP contribution is -2.64. The van der Waals surface area contributed by atoms with Crippen molar-refractivity contribution < 1.29 is 19.4 Å². The number of aliphatic carboxylic acids is 1. The molecule has 0 radical (unpaired) electrons. The van der Waals surface area contributed by atoms with E-state index in [1.807, 2.05) is 0 Å². The Balaban J connectivity index is 2.13. The fraction of sp³-hybridized carbons (Fsp3) is 0.833. The van der Waals surface area contributed by atoms with Crippen LogP contribution in [-0.4, -0.2) is 52.8 Å². The van der Waals surface area contributed by atoms with E-state index in [4.69, 9.17) is 4.74 Å². The van der Waals surface area contributed by atoms with Gasteiger partial charge in [0.2, 0.25) is 0 Å². The van der Waals surface area contributed by atoms with Gasteiger partial charge < -0.3 is 20.1 Å². The Bertz CT molecular complexity index is 390. The monoisotopic (exact) mass is 256 g/mol. The second kappa shape index (κ2) is 3.85. The molecule has 6 heteroatoms. The van der Waals surface area contributed by atoms with Crippen LogP contribution in [0.25, 0.3) is 0 Å². The summed E-state index contributed by atoms with van der Waals surface area (Å²) in [5, 5.41) is 12.4. The fourth-order valence-electron chi connectivity index (χ4n) is 2.57. The van der Waals surface area contributed by atoms with Crippen molar-refractivity contribution in [3.8, 4) is 0 Å². The molecule has 1 amide bonds. The number of amides is 1. The van der Waals surface area contributed by atoms with Crippen molar-refractivity contribution in [2.45, 2.75) is 45.4 Å². The summed E-state index contributed by atoms with van der Waals surface area (Å²) in [5.41, 5.74) is -1.49. The van der Waals surface area contributed by atoms with Gasteiger partial charge in [-0.3, -0.25) is 4.79 Å². The van der Waals surface area contributed by atoms with Crippen molar-refractivity contribution in [1.29, 1.82) is 0 Å². The zero-order chi connectivity index (χ0) is 13.7. The average molecular weight is 256 g/mol. The molecular formula is C12H20N2O4. The molecule has 2 N–H and O–H groups in total. The van der Waals surface area contributed by atoms with Crippen LogP contribution in [0.5, 0.6) is 0 Å². The van der Waals surface area contributed by atoms with Crippen LogP contribution < -0.4 is 5.32 Å². The molecule has 0 aromatic heterocycles. The smallest absolute Gasteiger partial charge is 0.410 e. The number of likely N-dealkylation sites (tertiary alicyclic amines) is 1. The lowest BCUT2D eigenvalue weighted by molar-refractivity contribution is -0.148. The number of fused-ring (bicyclic) bond motifs is 1. The highest BCUT2D eigenvalue weighted by molar-refractivity contribution is 5.79. The first-order valence-corrected chi connectivity index (χ1v) is 6.11. The highest BCUT2D eigenvalue weighted by Gasteiger charge is 2.60. The number of hydrogen-bond acceptors (Lipinski definition) is 4. The van der Waals surface area contributed by atoms with Gasteiger partial charge >= 0.3 is 12.1 Å². The fourth-order valence-corrected chi connectivity index (χ4v) is 2.57. The number of carboxylic acid groups (broad SMARTS) is 1. The SMILES string of the molecule is CC(C)(C)OC(=O)N1CC(C)(C(=O)O)[C@@H]2NC[C@@H]21. The molecule has 0 bridgehead atoms. The van der Waals surface area contributed by atoms with Crippen molar-refractivity contribution in [3.63, 3.8) is 0 Å². The van der Waals surface area contributed by atoms with Crippen LogP contribution in [0.2, 0.25) is 0 Å². The first-order chi connectivity index (χ1) is 8.15. The summed E-state index contributed by atoms with van der Waals surface area (Å²) in [6.07, 6.45) is -0.427. The van der Waals surface area contributed by atoms with E-state index in [1.165, 1.54) is 0 Å². The number of ether oxygens (including phenoxy) is 1. The largest absolute Gasteiger partial charge is 0.481 e. The Labute approximate surface area is 106 Å². The molecular weight excluding hydrogens is 236 g/mol. The third-order valence-corrected chi connectivity index (χ3v) is 3.63. The van der Waals surface area contributed by atoms with Crippen LogP contribution in [0.15, 0.2) is 0 Å². The molecule has 2 saturated heterocycles. The third-order valence-electron chi connectivity index (χ3n) is 3.63. The van der Waals surface area contributed by atoms with Crippen molar-refractivity contribution in [2.75, 3.05) is 13.1 Å². The topological polar surface area (TPSA) is 78.9 Å². The molecule has 18 heavy (non-hydrogen) atoms. The lowest BCUT2D eigenvalue weighted by atomic mass is 9.79. The summed E-state index contributed by atoms with van der Waals surface area (Å²) in [6, 6.07) is -0.247. The maximum Gasteiger partial charge on any atom is 0.410 e. The van der Waals surface area contributed by atoms with E-state index < -0.39 is 23.1 Å². The Hall–Kier alpha value is -1.30. The number of nitrogens with one attached hydrogen (secondary N) is 1. The van der Waals surface area contributed by atoms with E-state index in [2.05, 4.69) is 5.32 Å². The molecule has 2 rings (SSSR count). The van der Waals surface area contributed by atoms with E-state index in [1.54, 1.807) is 32.6 Å². The molecule has 0 aliphatic carbocycles. The van der Waals surface area contributed by atoms with E-state index in [0.717, 1.165) is 0 Å². The minimum Gasteiger partial charge on any atom is -0.481 e. The summed E-state index contributed by atoms with van der Waals surface area (Å²) in [7, 11) is 0. The Morgan fingerprint density at radius 3 is 2.39 bits per heavy atom. The normalized spacial score (nSPS) is 34.8. The van der Waals surface area contributed by atoms with E-state index in [-0.39, 0.29) is 18.6 Å². The van der Waals surface area contributed by atoms with E-state index in [9.17, 15) is 14.7 Å². The molecule has 3 atom stereocenters. The van der Waals surface area contributed by atoms with Crippen LogP contribution in [0.3, 0.4) is 0 Å². The maximum atomic E-state index is 12.0. The van der Waals surface area contributed by atoms with Crippen LogP contribution in [0, 0.1) is 5.41 Å².